The van der Waals surface area contributed by atoms with E-state index >= 15 is 0 Å². The molecule has 0 radical (unpaired) electrons. The van der Waals surface area contributed by atoms with Crippen LogP contribution in [-0.4, -0.2) is 24.2 Å². The van der Waals surface area contributed by atoms with Crippen molar-refractivity contribution in [2.75, 3.05) is 6.61 Å². The molecule has 4 rings (SSSR count). The van der Waals surface area contributed by atoms with Gasteiger partial charge in [0.25, 0.3) is 0 Å². The lowest BCUT2D eigenvalue weighted by Gasteiger charge is -2.47. The normalized spacial score (nSPS) is 38.8. The van der Waals surface area contributed by atoms with Gasteiger partial charge in [-0.2, -0.15) is 0 Å². The molecule has 3 heterocycles. The molecule has 2 fully saturated rings. The number of piperidine rings is 1. The standard InChI is InChI=1S/C15H21ClN2OS/c1-9-7-15(8-11(18-9)14(17)3-4-14)13-10(2-5-19-15)6-12(16)20-13/h6,9,11,18H,2-5,7-8,17H2,1H3/t9-,11?,15-/m0/s1. The number of thiophene rings is 1. The molecule has 1 saturated heterocycles. The van der Waals surface area contributed by atoms with Gasteiger partial charge in [-0.3, -0.25) is 0 Å². The van der Waals surface area contributed by atoms with Gasteiger partial charge in [0, 0.05) is 22.5 Å². The third kappa shape index (κ3) is 2.04. The van der Waals surface area contributed by atoms with Crippen LogP contribution in [0.5, 0.6) is 0 Å². The van der Waals surface area contributed by atoms with E-state index in [1.807, 2.05) is 0 Å². The van der Waals surface area contributed by atoms with Gasteiger partial charge >= 0.3 is 0 Å². The van der Waals surface area contributed by atoms with Crippen LogP contribution in [0.15, 0.2) is 6.07 Å². The minimum Gasteiger partial charge on any atom is -0.369 e. The SMILES string of the molecule is C[C@H]1C[C@@]2(CC(C3(N)CC3)N1)OCCc1cc(Cl)sc12. The number of hydrogen-bond donors (Lipinski definition) is 2. The van der Waals surface area contributed by atoms with Crippen LogP contribution >= 0.6 is 22.9 Å². The van der Waals surface area contributed by atoms with Crippen molar-refractivity contribution in [1.29, 1.82) is 0 Å². The first-order chi connectivity index (χ1) is 9.51. The van der Waals surface area contributed by atoms with Gasteiger partial charge in [-0.15, -0.1) is 11.3 Å². The molecule has 0 aromatic carbocycles. The number of fused-ring (bicyclic) bond motifs is 2. The van der Waals surface area contributed by atoms with Crippen molar-refractivity contribution >= 4 is 22.9 Å². The molecule has 20 heavy (non-hydrogen) atoms. The Hall–Kier alpha value is -0.130. The molecule has 2 aliphatic heterocycles. The van der Waals surface area contributed by atoms with Crippen LogP contribution in [0, 0.1) is 0 Å². The molecule has 1 saturated carbocycles. The fraction of sp³-hybridized carbons (Fsp3) is 0.733. The van der Waals surface area contributed by atoms with Crippen molar-refractivity contribution in [3.05, 3.63) is 20.8 Å². The fourth-order valence-electron chi connectivity index (χ4n) is 3.92. The van der Waals surface area contributed by atoms with E-state index in [9.17, 15) is 0 Å². The summed E-state index contributed by atoms with van der Waals surface area (Å²) in [6.45, 7) is 3.05. The van der Waals surface area contributed by atoms with Crippen molar-refractivity contribution in [3.63, 3.8) is 0 Å². The fourth-order valence-corrected chi connectivity index (χ4v) is 5.39. The zero-order chi connectivity index (χ0) is 14.0. The molecule has 1 aliphatic carbocycles. The van der Waals surface area contributed by atoms with Gasteiger partial charge in [-0.1, -0.05) is 11.6 Å². The molecule has 1 aromatic rings. The van der Waals surface area contributed by atoms with Gasteiger partial charge in [-0.25, -0.2) is 0 Å². The zero-order valence-corrected chi connectivity index (χ0v) is 13.3. The predicted molar refractivity (Wildman–Crippen MR) is 82.4 cm³/mol. The minimum absolute atomic E-state index is 0.0102. The average Bonchev–Trinajstić information content (AvgIpc) is 3.01. The number of hydrogen-bond acceptors (Lipinski definition) is 4. The second-order valence-corrected chi connectivity index (χ2v) is 8.44. The maximum Gasteiger partial charge on any atom is 0.106 e. The van der Waals surface area contributed by atoms with Crippen LogP contribution in [0.4, 0.5) is 0 Å². The summed E-state index contributed by atoms with van der Waals surface area (Å²) < 4.78 is 7.21. The Morgan fingerprint density at radius 1 is 1.45 bits per heavy atom. The van der Waals surface area contributed by atoms with E-state index in [0.717, 1.165) is 43.0 Å². The maximum absolute atomic E-state index is 6.46. The van der Waals surface area contributed by atoms with Crippen LogP contribution in [0.25, 0.3) is 0 Å². The Morgan fingerprint density at radius 2 is 2.25 bits per heavy atom. The van der Waals surface area contributed by atoms with Gasteiger partial charge in [0.05, 0.1) is 10.9 Å². The molecule has 5 heteroatoms. The highest BCUT2D eigenvalue weighted by atomic mass is 35.5. The molecule has 0 amide bonds. The number of halogens is 1. The molecular formula is C15H21ClN2OS. The molecule has 3 N–H and O–H groups in total. The highest BCUT2D eigenvalue weighted by Gasteiger charge is 2.54. The molecule has 1 unspecified atom stereocenters. The molecule has 3 aliphatic rings. The van der Waals surface area contributed by atoms with Crippen molar-refractivity contribution in [1.82, 2.24) is 5.32 Å². The quantitative estimate of drug-likeness (QED) is 0.838. The summed E-state index contributed by atoms with van der Waals surface area (Å²) in [6.07, 6.45) is 5.25. The van der Waals surface area contributed by atoms with E-state index in [-0.39, 0.29) is 11.1 Å². The van der Waals surface area contributed by atoms with Gasteiger partial charge in [-0.05, 0) is 50.7 Å². The first-order valence-electron chi connectivity index (χ1n) is 7.48. The minimum atomic E-state index is -0.157. The van der Waals surface area contributed by atoms with Crippen LogP contribution < -0.4 is 11.1 Å². The summed E-state index contributed by atoms with van der Waals surface area (Å²) in [7, 11) is 0. The van der Waals surface area contributed by atoms with E-state index in [1.54, 1.807) is 11.3 Å². The van der Waals surface area contributed by atoms with Crippen molar-refractivity contribution in [2.45, 2.75) is 62.3 Å². The Balaban J connectivity index is 1.72. The average molecular weight is 313 g/mol. The summed E-state index contributed by atoms with van der Waals surface area (Å²) in [5, 5.41) is 3.69. The smallest absolute Gasteiger partial charge is 0.106 e. The van der Waals surface area contributed by atoms with Crippen molar-refractivity contribution in [3.8, 4) is 0 Å². The Labute approximate surface area is 128 Å². The first kappa shape index (κ1) is 13.5. The van der Waals surface area contributed by atoms with E-state index in [1.165, 1.54) is 10.4 Å². The number of nitrogens with one attached hydrogen (secondary N) is 1. The van der Waals surface area contributed by atoms with Gasteiger partial charge < -0.3 is 15.8 Å². The van der Waals surface area contributed by atoms with Crippen LogP contribution in [0.1, 0.15) is 43.0 Å². The first-order valence-corrected chi connectivity index (χ1v) is 8.68. The van der Waals surface area contributed by atoms with Crippen LogP contribution in [0.3, 0.4) is 0 Å². The number of rotatable bonds is 1. The third-order valence-electron chi connectivity index (χ3n) is 5.12. The zero-order valence-electron chi connectivity index (χ0n) is 11.7. The van der Waals surface area contributed by atoms with Crippen LogP contribution in [-0.2, 0) is 16.8 Å². The summed E-state index contributed by atoms with van der Waals surface area (Å²) in [4.78, 5) is 1.36. The van der Waals surface area contributed by atoms with Crippen molar-refractivity contribution in [2.24, 2.45) is 5.73 Å². The Kier molecular flexibility index (Phi) is 3.00. The lowest BCUT2D eigenvalue weighted by molar-refractivity contribution is -0.0978. The van der Waals surface area contributed by atoms with Crippen LogP contribution in [0.2, 0.25) is 4.34 Å². The molecule has 3 nitrogen and oxygen atoms in total. The van der Waals surface area contributed by atoms with Crippen molar-refractivity contribution < 1.29 is 4.74 Å². The summed E-state index contributed by atoms with van der Waals surface area (Å²) >= 11 is 7.95. The second-order valence-electron chi connectivity index (χ2n) is 6.76. The molecule has 1 aromatic heterocycles. The summed E-state index contributed by atoms with van der Waals surface area (Å²) in [5.41, 5.74) is 7.68. The predicted octanol–water partition coefficient (Wildman–Crippen LogP) is 2.80. The Bertz CT molecular complexity index is 542. The largest absolute Gasteiger partial charge is 0.369 e. The topological polar surface area (TPSA) is 47.3 Å². The van der Waals surface area contributed by atoms with E-state index in [4.69, 9.17) is 22.1 Å². The number of nitrogens with two attached hydrogens (primary N) is 1. The Morgan fingerprint density at radius 3 is 3.00 bits per heavy atom. The van der Waals surface area contributed by atoms with Gasteiger partial charge in [0.1, 0.15) is 5.60 Å². The molecule has 110 valence electrons. The van der Waals surface area contributed by atoms with Gasteiger partial charge in [0.15, 0.2) is 0 Å². The van der Waals surface area contributed by atoms with E-state index in [0.29, 0.717) is 12.1 Å². The highest BCUT2D eigenvalue weighted by Crippen LogP contribution is 2.51. The maximum atomic E-state index is 6.46. The van der Waals surface area contributed by atoms with E-state index in [2.05, 4.69) is 18.3 Å². The highest BCUT2D eigenvalue weighted by molar-refractivity contribution is 7.16. The molecule has 3 atom stereocenters. The number of ether oxygens (including phenoxy) is 1. The second kappa shape index (κ2) is 4.43. The lowest BCUT2D eigenvalue weighted by atomic mass is 9.77. The molecule has 0 bridgehead atoms. The summed E-state index contributed by atoms with van der Waals surface area (Å²) in [5.74, 6) is 0. The van der Waals surface area contributed by atoms with Gasteiger partial charge in [0.2, 0.25) is 0 Å². The lowest BCUT2D eigenvalue weighted by Crippen LogP contribution is -2.60. The molecule has 1 spiro atoms. The summed E-state index contributed by atoms with van der Waals surface area (Å²) in [6, 6.07) is 2.92. The monoisotopic (exact) mass is 312 g/mol. The van der Waals surface area contributed by atoms with E-state index < -0.39 is 0 Å². The third-order valence-corrected chi connectivity index (χ3v) is 6.61. The molecular weight excluding hydrogens is 292 g/mol.